The molecule has 0 atom stereocenters. The average molecular weight is 331 g/mol. The Hall–Kier alpha value is -2.66. The molecule has 2 rings (SSSR count). The average Bonchev–Trinajstić information content (AvgIpc) is 2.53. The summed E-state index contributed by atoms with van der Waals surface area (Å²) in [7, 11) is 3.83. The van der Waals surface area contributed by atoms with Crippen molar-refractivity contribution in [3.63, 3.8) is 0 Å². The first-order valence-electron chi connectivity index (χ1n) is 6.82. The molecule has 0 saturated carbocycles. The Morgan fingerprint density at radius 2 is 1.83 bits per heavy atom. The molecule has 0 fully saturated rings. The minimum atomic E-state index is -0.504. The Morgan fingerprint density at radius 1 is 1.17 bits per heavy atom. The fraction of sp³-hybridized carbons (Fsp3) is 0.118. The predicted octanol–water partition coefficient (Wildman–Crippen LogP) is 4.21. The van der Waals surface area contributed by atoms with E-state index in [2.05, 4.69) is 0 Å². The highest BCUT2D eigenvalue weighted by molar-refractivity contribution is 6.32. The van der Waals surface area contributed by atoms with Gasteiger partial charge in [-0.05, 0) is 42.0 Å². The molecule has 0 amide bonds. The van der Waals surface area contributed by atoms with Crippen LogP contribution in [0.1, 0.15) is 15.9 Å². The molecule has 0 N–H and O–H groups in total. The van der Waals surface area contributed by atoms with Gasteiger partial charge < -0.3 is 4.90 Å². The number of non-ortho nitro benzene ring substituents is 1. The number of allylic oxidation sites excluding steroid dienone is 1. The Balaban J connectivity index is 2.16. The number of carbonyl (C=O) groups is 1. The number of carbonyl (C=O) groups excluding carboxylic acids is 1. The zero-order valence-electron chi connectivity index (χ0n) is 12.7. The molecular formula is C17H15ClN2O3. The van der Waals surface area contributed by atoms with Gasteiger partial charge in [-0.25, -0.2) is 0 Å². The van der Waals surface area contributed by atoms with E-state index in [1.807, 2.05) is 37.2 Å². The van der Waals surface area contributed by atoms with Crippen LogP contribution in [0.5, 0.6) is 0 Å². The van der Waals surface area contributed by atoms with E-state index >= 15 is 0 Å². The number of hydrogen-bond donors (Lipinski definition) is 0. The van der Waals surface area contributed by atoms with E-state index in [0.717, 1.165) is 11.3 Å². The largest absolute Gasteiger partial charge is 0.378 e. The third-order valence-corrected chi connectivity index (χ3v) is 3.60. The molecule has 118 valence electrons. The van der Waals surface area contributed by atoms with Crippen molar-refractivity contribution in [3.8, 4) is 0 Å². The van der Waals surface area contributed by atoms with Gasteiger partial charge in [0.05, 0.1) is 4.92 Å². The summed E-state index contributed by atoms with van der Waals surface area (Å²) in [6, 6.07) is 11.0. The van der Waals surface area contributed by atoms with E-state index in [4.69, 9.17) is 11.6 Å². The van der Waals surface area contributed by atoms with Gasteiger partial charge in [0.15, 0.2) is 5.78 Å². The first-order chi connectivity index (χ1) is 10.9. The fourth-order valence-corrected chi connectivity index (χ4v) is 2.18. The van der Waals surface area contributed by atoms with E-state index in [9.17, 15) is 14.9 Å². The van der Waals surface area contributed by atoms with Crippen LogP contribution in [0.3, 0.4) is 0 Å². The first-order valence-corrected chi connectivity index (χ1v) is 7.20. The SMILES string of the molecule is CN(C)c1ccc(/C=C/C(=O)c2ccc([N+](=O)[O-])cc2)c(Cl)c1. The van der Waals surface area contributed by atoms with Crippen LogP contribution in [-0.2, 0) is 0 Å². The number of rotatable bonds is 5. The summed E-state index contributed by atoms with van der Waals surface area (Å²) in [6.07, 6.45) is 3.03. The van der Waals surface area contributed by atoms with Crippen LogP contribution in [0.25, 0.3) is 6.08 Å². The molecule has 2 aromatic rings. The van der Waals surface area contributed by atoms with Gasteiger partial charge in [-0.2, -0.15) is 0 Å². The quantitative estimate of drug-likeness (QED) is 0.356. The molecule has 0 radical (unpaired) electrons. The van der Waals surface area contributed by atoms with Crippen molar-refractivity contribution < 1.29 is 9.72 Å². The minimum absolute atomic E-state index is 0.0483. The third-order valence-electron chi connectivity index (χ3n) is 3.28. The smallest absolute Gasteiger partial charge is 0.269 e. The second-order valence-electron chi connectivity index (χ2n) is 5.10. The Bertz CT molecular complexity index is 768. The van der Waals surface area contributed by atoms with Crippen molar-refractivity contribution in [2.75, 3.05) is 19.0 Å². The van der Waals surface area contributed by atoms with Crippen LogP contribution in [0.2, 0.25) is 5.02 Å². The second kappa shape index (κ2) is 7.07. The molecule has 6 heteroatoms. The molecule has 0 aliphatic carbocycles. The molecule has 23 heavy (non-hydrogen) atoms. The van der Waals surface area contributed by atoms with Gasteiger partial charge in [0, 0.05) is 42.5 Å². The monoisotopic (exact) mass is 330 g/mol. The minimum Gasteiger partial charge on any atom is -0.378 e. The van der Waals surface area contributed by atoms with E-state index in [1.54, 1.807) is 6.08 Å². The second-order valence-corrected chi connectivity index (χ2v) is 5.51. The predicted molar refractivity (Wildman–Crippen MR) is 92.2 cm³/mol. The molecule has 2 aromatic carbocycles. The first kappa shape index (κ1) is 16.7. The van der Waals surface area contributed by atoms with E-state index in [0.29, 0.717) is 10.6 Å². The standard InChI is InChI=1S/C17H15ClN2O3/c1-19(2)15-9-3-12(16(18)11-15)6-10-17(21)13-4-7-14(8-5-13)20(22)23/h3-11H,1-2H3/b10-6+. The highest BCUT2D eigenvalue weighted by Gasteiger charge is 2.07. The van der Waals surface area contributed by atoms with Crippen molar-refractivity contribution in [3.05, 3.63) is 74.8 Å². The Morgan fingerprint density at radius 3 is 2.35 bits per heavy atom. The maximum absolute atomic E-state index is 12.1. The molecule has 0 aliphatic heterocycles. The summed E-state index contributed by atoms with van der Waals surface area (Å²) in [5.74, 6) is -0.243. The molecule has 0 heterocycles. The zero-order chi connectivity index (χ0) is 17.0. The topological polar surface area (TPSA) is 63.5 Å². The van der Waals surface area contributed by atoms with Gasteiger partial charge >= 0.3 is 0 Å². The highest BCUT2D eigenvalue weighted by Crippen LogP contribution is 2.24. The lowest BCUT2D eigenvalue weighted by Crippen LogP contribution is -2.08. The zero-order valence-corrected chi connectivity index (χ0v) is 13.4. The lowest BCUT2D eigenvalue weighted by atomic mass is 10.1. The lowest BCUT2D eigenvalue weighted by Gasteiger charge is -2.13. The summed E-state index contributed by atoms with van der Waals surface area (Å²) >= 11 is 6.19. The van der Waals surface area contributed by atoms with Gasteiger partial charge in [-0.1, -0.05) is 17.7 Å². The summed E-state index contributed by atoms with van der Waals surface area (Å²) in [5, 5.41) is 11.1. The van der Waals surface area contributed by atoms with Crippen LogP contribution in [-0.4, -0.2) is 24.8 Å². The number of anilines is 1. The fourth-order valence-electron chi connectivity index (χ4n) is 1.94. The van der Waals surface area contributed by atoms with Crippen molar-refractivity contribution >= 4 is 34.8 Å². The molecule has 0 bridgehead atoms. The van der Waals surface area contributed by atoms with E-state index < -0.39 is 4.92 Å². The highest BCUT2D eigenvalue weighted by atomic mass is 35.5. The summed E-state index contributed by atoms with van der Waals surface area (Å²) in [5.41, 5.74) is 2.03. The number of nitro benzene ring substituents is 1. The van der Waals surface area contributed by atoms with Gasteiger partial charge in [0.1, 0.15) is 0 Å². The third kappa shape index (κ3) is 4.17. The molecular weight excluding hydrogens is 316 g/mol. The molecule has 0 aliphatic rings. The summed E-state index contributed by atoms with van der Waals surface area (Å²) in [6.45, 7) is 0. The molecule has 0 aromatic heterocycles. The normalized spacial score (nSPS) is 10.7. The van der Waals surface area contributed by atoms with Crippen LogP contribution in [0, 0.1) is 10.1 Å². The number of benzene rings is 2. The number of nitro groups is 1. The maximum atomic E-state index is 12.1. The number of ketones is 1. The summed E-state index contributed by atoms with van der Waals surface area (Å²) in [4.78, 5) is 24.1. The van der Waals surface area contributed by atoms with Crippen molar-refractivity contribution in [1.82, 2.24) is 0 Å². The van der Waals surface area contributed by atoms with Gasteiger partial charge in [0.2, 0.25) is 0 Å². The summed E-state index contributed by atoms with van der Waals surface area (Å²) < 4.78 is 0. The van der Waals surface area contributed by atoms with Gasteiger partial charge in [-0.3, -0.25) is 14.9 Å². The van der Waals surface area contributed by atoms with E-state index in [1.165, 1.54) is 30.3 Å². The molecule has 0 unspecified atom stereocenters. The van der Waals surface area contributed by atoms with E-state index in [-0.39, 0.29) is 11.5 Å². The Kier molecular flexibility index (Phi) is 5.13. The molecule has 0 saturated heterocycles. The van der Waals surface area contributed by atoms with Crippen LogP contribution in [0.4, 0.5) is 11.4 Å². The van der Waals surface area contributed by atoms with Crippen molar-refractivity contribution in [2.45, 2.75) is 0 Å². The molecule has 0 spiro atoms. The van der Waals surface area contributed by atoms with Gasteiger partial charge in [0.25, 0.3) is 5.69 Å². The maximum Gasteiger partial charge on any atom is 0.269 e. The Labute approximate surface area is 139 Å². The molecule has 5 nitrogen and oxygen atoms in total. The van der Waals surface area contributed by atoms with Gasteiger partial charge in [-0.15, -0.1) is 0 Å². The van der Waals surface area contributed by atoms with Crippen molar-refractivity contribution in [2.24, 2.45) is 0 Å². The van der Waals surface area contributed by atoms with Crippen molar-refractivity contribution in [1.29, 1.82) is 0 Å². The number of halogens is 1. The van der Waals surface area contributed by atoms with Crippen LogP contribution in [0.15, 0.2) is 48.5 Å². The van der Waals surface area contributed by atoms with Crippen LogP contribution >= 0.6 is 11.6 Å². The lowest BCUT2D eigenvalue weighted by molar-refractivity contribution is -0.384. The van der Waals surface area contributed by atoms with Crippen LogP contribution < -0.4 is 4.90 Å². The number of nitrogens with zero attached hydrogens (tertiary/aromatic N) is 2. The number of hydrogen-bond acceptors (Lipinski definition) is 4.